The molecule has 39 heavy (non-hydrogen) atoms. The van der Waals surface area contributed by atoms with Crippen LogP contribution in [-0.4, -0.2) is 84.8 Å². The molecule has 1 unspecified atom stereocenters. The van der Waals surface area contributed by atoms with Crippen LogP contribution in [0.3, 0.4) is 0 Å². The number of hydrogen-bond donors (Lipinski definition) is 1. The highest BCUT2D eigenvalue weighted by atomic mass is 19.4. The van der Waals surface area contributed by atoms with E-state index in [4.69, 9.17) is 4.74 Å². The van der Waals surface area contributed by atoms with E-state index in [9.17, 15) is 32.3 Å². The average Bonchev–Trinajstić information content (AvgIpc) is 3.25. The number of amides is 3. The minimum Gasteiger partial charge on any atom is -0.378 e. The molecule has 0 spiro atoms. The standard InChI is InChI=1S/C26H31F3N4O6/c27-26(28,29)25(37)39-33-22(34)4-3-21(24(33)36)32-14-17-13-18(1-2-20(17)23(32)35)31-11-7-16(8-12-31)15-38-19-5-9-30-10-6-19/h1-2,13,16,19,21,30H,3-12,14-15H2. The van der Waals surface area contributed by atoms with Crippen molar-refractivity contribution in [3.8, 4) is 0 Å². The fourth-order valence-corrected chi connectivity index (χ4v) is 5.63. The second-order valence-corrected chi connectivity index (χ2v) is 10.4. The van der Waals surface area contributed by atoms with Crippen LogP contribution in [0.25, 0.3) is 0 Å². The van der Waals surface area contributed by atoms with Crippen molar-refractivity contribution < 1.29 is 41.9 Å². The maximum atomic E-state index is 13.1. The number of carbonyl (C=O) groups is 4. The largest absolute Gasteiger partial charge is 0.493 e. The van der Waals surface area contributed by atoms with Gasteiger partial charge in [-0.2, -0.15) is 13.2 Å². The molecular formula is C26H31F3N4O6. The third-order valence-electron chi connectivity index (χ3n) is 7.88. The molecule has 0 aromatic heterocycles. The summed E-state index contributed by atoms with van der Waals surface area (Å²) in [6.07, 6.45) is -1.39. The lowest BCUT2D eigenvalue weighted by atomic mass is 9.96. The molecule has 1 atom stereocenters. The molecule has 1 aromatic carbocycles. The summed E-state index contributed by atoms with van der Waals surface area (Å²) in [7, 11) is 0. The number of imide groups is 1. The van der Waals surface area contributed by atoms with Crippen LogP contribution in [0.15, 0.2) is 18.2 Å². The number of fused-ring (bicyclic) bond motifs is 1. The lowest BCUT2D eigenvalue weighted by Gasteiger charge is -2.34. The van der Waals surface area contributed by atoms with E-state index >= 15 is 0 Å². The van der Waals surface area contributed by atoms with Crippen molar-refractivity contribution in [3.63, 3.8) is 0 Å². The van der Waals surface area contributed by atoms with Gasteiger partial charge >= 0.3 is 12.1 Å². The molecule has 10 nitrogen and oxygen atoms in total. The van der Waals surface area contributed by atoms with Gasteiger partial charge in [0.1, 0.15) is 6.04 Å². The van der Waals surface area contributed by atoms with Crippen LogP contribution >= 0.6 is 0 Å². The zero-order valence-corrected chi connectivity index (χ0v) is 21.4. The molecule has 0 aliphatic carbocycles. The number of rotatable bonds is 6. The summed E-state index contributed by atoms with van der Waals surface area (Å²) in [6, 6.07) is 4.23. The Kier molecular flexibility index (Phi) is 7.81. The molecule has 13 heteroatoms. The van der Waals surface area contributed by atoms with Gasteiger partial charge in [-0.1, -0.05) is 0 Å². The molecule has 4 aliphatic heterocycles. The summed E-state index contributed by atoms with van der Waals surface area (Å²) in [5.74, 6) is -4.87. The highest BCUT2D eigenvalue weighted by Crippen LogP contribution is 2.33. The maximum Gasteiger partial charge on any atom is 0.493 e. The number of alkyl halides is 3. The highest BCUT2D eigenvalue weighted by Gasteiger charge is 2.49. The first-order valence-electron chi connectivity index (χ1n) is 13.3. The van der Waals surface area contributed by atoms with E-state index < -0.39 is 35.9 Å². The number of carbonyl (C=O) groups excluding carboxylic acids is 4. The van der Waals surface area contributed by atoms with Crippen molar-refractivity contribution in [1.82, 2.24) is 15.3 Å². The average molecular weight is 553 g/mol. The van der Waals surface area contributed by atoms with Crippen LogP contribution in [-0.2, 0) is 30.5 Å². The number of nitrogens with zero attached hydrogens (tertiary/aromatic N) is 3. The van der Waals surface area contributed by atoms with Gasteiger partial charge in [0.25, 0.3) is 17.7 Å². The molecule has 212 valence electrons. The molecule has 0 bridgehead atoms. The van der Waals surface area contributed by atoms with Crippen molar-refractivity contribution in [2.45, 2.75) is 63.4 Å². The molecule has 3 amide bonds. The van der Waals surface area contributed by atoms with Crippen LogP contribution < -0.4 is 10.2 Å². The lowest BCUT2D eigenvalue weighted by Crippen LogP contribution is -2.55. The Labute approximate surface area is 223 Å². The van der Waals surface area contributed by atoms with Crippen LogP contribution in [0, 0.1) is 5.92 Å². The van der Waals surface area contributed by atoms with Crippen LogP contribution in [0.1, 0.15) is 54.4 Å². The van der Waals surface area contributed by atoms with Crippen molar-refractivity contribution in [2.75, 3.05) is 37.7 Å². The van der Waals surface area contributed by atoms with E-state index in [0.717, 1.165) is 64.2 Å². The number of anilines is 1. The van der Waals surface area contributed by atoms with Gasteiger partial charge in [-0.05, 0) is 74.9 Å². The smallest absolute Gasteiger partial charge is 0.378 e. The van der Waals surface area contributed by atoms with E-state index in [0.29, 0.717) is 23.1 Å². The Bertz CT molecular complexity index is 1130. The van der Waals surface area contributed by atoms with Gasteiger partial charge in [0.05, 0.1) is 6.10 Å². The summed E-state index contributed by atoms with van der Waals surface area (Å²) < 4.78 is 44.0. The minimum absolute atomic E-state index is 0.0637. The van der Waals surface area contributed by atoms with Crippen molar-refractivity contribution >= 4 is 29.4 Å². The predicted molar refractivity (Wildman–Crippen MR) is 130 cm³/mol. The Hall–Kier alpha value is -3.19. The topological polar surface area (TPSA) is 108 Å². The van der Waals surface area contributed by atoms with Gasteiger partial charge in [-0.3, -0.25) is 14.4 Å². The Morgan fingerprint density at radius 2 is 1.74 bits per heavy atom. The zero-order chi connectivity index (χ0) is 27.7. The monoisotopic (exact) mass is 552 g/mol. The number of hydrogen-bond acceptors (Lipinski definition) is 8. The van der Waals surface area contributed by atoms with Gasteiger partial charge in [-0.15, -0.1) is 5.06 Å². The molecule has 3 saturated heterocycles. The molecule has 5 rings (SSSR count). The molecule has 0 saturated carbocycles. The van der Waals surface area contributed by atoms with Crippen molar-refractivity contribution in [1.29, 1.82) is 0 Å². The van der Waals surface area contributed by atoms with Gasteiger partial charge in [0.15, 0.2) is 0 Å². The minimum atomic E-state index is -5.38. The molecule has 0 radical (unpaired) electrons. The van der Waals surface area contributed by atoms with Crippen molar-refractivity contribution in [3.05, 3.63) is 29.3 Å². The second-order valence-electron chi connectivity index (χ2n) is 10.4. The third-order valence-corrected chi connectivity index (χ3v) is 7.88. The molecule has 3 fully saturated rings. The first kappa shape index (κ1) is 27.4. The number of nitrogens with one attached hydrogen (secondary N) is 1. The van der Waals surface area contributed by atoms with Crippen molar-refractivity contribution in [2.24, 2.45) is 5.92 Å². The van der Waals surface area contributed by atoms with E-state index in [2.05, 4.69) is 15.1 Å². The highest BCUT2D eigenvalue weighted by molar-refractivity contribution is 6.05. The Morgan fingerprint density at radius 1 is 1.03 bits per heavy atom. The Balaban J connectivity index is 1.19. The molecule has 1 aromatic rings. The normalized spacial score (nSPS) is 23.4. The van der Waals surface area contributed by atoms with Gasteiger partial charge < -0.3 is 24.7 Å². The number of halogens is 3. The number of piperidine rings is 3. The fourth-order valence-electron chi connectivity index (χ4n) is 5.63. The molecule has 4 aliphatic rings. The summed E-state index contributed by atoms with van der Waals surface area (Å²) in [5.41, 5.74) is 2.04. The molecule has 1 N–H and O–H groups in total. The first-order chi connectivity index (χ1) is 18.6. The van der Waals surface area contributed by atoms with Gasteiger partial charge in [-0.25, -0.2) is 4.79 Å². The van der Waals surface area contributed by atoms with E-state index in [1.807, 2.05) is 12.1 Å². The number of hydroxylamine groups is 2. The quantitative estimate of drug-likeness (QED) is 0.535. The first-order valence-corrected chi connectivity index (χ1v) is 13.3. The molecule has 4 heterocycles. The van der Waals surface area contributed by atoms with Crippen LogP contribution in [0.5, 0.6) is 0 Å². The van der Waals surface area contributed by atoms with E-state index in [1.165, 1.54) is 4.90 Å². The third kappa shape index (κ3) is 5.88. The second kappa shape index (κ2) is 11.1. The van der Waals surface area contributed by atoms with Gasteiger partial charge in [0.2, 0.25) is 0 Å². The van der Waals surface area contributed by atoms with Crippen LogP contribution in [0.2, 0.25) is 0 Å². The summed E-state index contributed by atoms with van der Waals surface area (Å²) in [6.45, 7) is 4.52. The van der Waals surface area contributed by atoms with Crippen LogP contribution in [0.4, 0.5) is 18.9 Å². The summed E-state index contributed by atoms with van der Waals surface area (Å²) in [5, 5.41) is 3.18. The summed E-state index contributed by atoms with van der Waals surface area (Å²) >= 11 is 0. The van der Waals surface area contributed by atoms with E-state index in [1.54, 1.807) is 6.07 Å². The van der Waals surface area contributed by atoms with Gasteiger partial charge in [0, 0.05) is 43.9 Å². The zero-order valence-electron chi connectivity index (χ0n) is 21.4. The fraction of sp³-hybridized carbons (Fsp3) is 0.615. The lowest BCUT2D eigenvalue weighted by molar-refractivity contribution is -0.238. The van der Waals surface area contributed by atoms with E-state index in [-0.39, 0.29) is 24.4 Å². The maximum absolute atomic E-state index is 13.1. The predicted octanol–water partition coefficient (Wildman–Crippen LogP) is 2.17. The molecular weight excluding hydrogens is 521 g/mol. The number of ether oxygens (including phenoxy) is 1. The summed E-state index contributed by atoms with van der Waals surface area (Å²) in [4.78, 5) is 56.7. The Morgan fingerprint density at radius 3 is 2.44 bits per heavy atom. The SMILES string of the molecule is O=C1CCC(N2Cc3cc(N4CCC(COC5CCNCC5)CC4)ccc3C2=O)C(=O)N1OC(=O)C(F)(F)F. The number of benzene rings is 1.